The molecule has 1 fully saturated rings. The molecule has 2 N–H and O–H groups in total. The predicted molar refractivity (Wildman–Crippen MR) is 75.1 cm³/mol. The first kappa shape index (κ1) is 14.4. The van der Waals surface area contributed by atoms with E-state index in [2.05, 4.69) is 16.8 Å². The first-order valence-corrected chi connectivity index (χ1v) is 7.57. The Bertz CT molecular complexity index is 435. The molecule has 1 aliphatic heterocycles. The Morgan fingerprint density at radius 1 is 1.68 bits per heavy atom. The van der Waals surface area contributed by atoms with Crippen molar-refractivity contribution in [3.63, 3.8) is 0 Å². The lowest BCUT2D eigenvalue weighted by Gasteiger charge is -2.34. The number of rotatable bonds is 4. The molecule has 2 unspecified atom stereocenters. The predicted octanol–water partition coefficient (Wildman–Crippen LogP) is 1.49. The zero-order chi connectivity index (χ0) is 13.8. The summed E-state index contributed by atoms with van der Waals surface area (Å²) in [7, 11) is 0. The minimum Gasteiger partial charge on any atom is -0.461 e. The molecule has 2 atom stereocenters. The van der Waals surface area contributed by atoms with E-state index in [-0.39, 0.29) is 5.97 Å². The SMILES string of the molecule is CCOC(=O)c1nc(CN2CCC(N)C(C)C2)cs1. The Labute approximate surface area is 117 Å². The van der Waals surface area contributed by atoms with Crippen molar-refractivity contribution in [1.82, 2.24) is 9.88 Å². The fourth-order valence-corrected chi connectivity index (χ4v) is 2.99. The second-order valence-corrected chi connectivity index (χ2v) is 5.89. The molecule has 1 aromatic heterocycles. The van der Waals surface area contributed by atoms with Crippen LogP contribution in [0.25, 0.3) is 0 Å². The molecular weight excluding hydrogens is 262 g/mol. The summed E-state index contributed by atoms with van der Waals surface area (Å²) in [5.74, 6) is 0.185. The Hall–Kier alpha value is -0.980. The van der Waals surface area contributed by atoms with Gasteiger partial charge in [0.25, 0.3) is 0 Å². The van der Waals surface area contributed by atoms with Gasteiger partial charge >= 0.3 is 5.97 Å². The van der Waals surface area contributed by atoms with Crippen LogP contribution < -0.4 is 5.73 Å². The zero-order valence-corrected chi connectivity index (χ0v) is 12.3. The molecular formula is C13H21N3O2S. The maximum atomic E-state index is 11.5. The van der Waals surface area contributed by atoms with E-state index in [1.165, 1.54) is 11.3 Å². The number of carbonyl (C=O) groups is 1. The molecule has 1 saturated heterocycles. The average Bonchev–Trinajstić information content (AvgIpc) is 2.83. The molecule has 19 heavy (non-hydrogen) atoms. The molecule has 1 aliphatic rings. The number of hydrogen-bond acceptors (Lipinski definition) is 6. The van der Waals surface area contributed by atoms with Crippen LogP contribution in [0.3, 0.4) is 0 Å². The van der Waals surface area contributed by atoms with Gasteiger partial charge in [-0.1, -0.05) is 6.92 Å². The minimum absolute atomic E-state index is 0.307. The van der Waals surface area contributed by atoms with Crippen molar-refractivity contribution in [2.75, 3.05) is 19.7 Å². The van der Waals surface area contributed by atoms with E-state index >= 15 is 0 Å². The number of esters is 1. The summed E-state index contributed by atoms with van der Waals surface area (Å²) >= 11 is 1.35. The van der Waals surface area contributed by atoms with E-state index in [9.17, 15) is 4.79 Å². The standard InChI is InChI=1S/C13H21N3O2S/c1-3-18-13(17)12-15-10(8-19-12)7-16-5-4-11(14)9(2)6-16/h8-9,11H,3-7,14H2,1-2H3. The summed E-state index contributed by atoms with van der Waals surface area (Å²) in [6.45, 7) is 7.14. The molecule has 0 saturated carbocycles. The number of piperidine rings is 1. The average molecular weight is 283 g/mol. The molecule has 0 bridgehead atoms. The van der Waals surface area contributed by atoms with Crippen LogP contribution in [0, 0.1) is 5.92 Å². The number of hydrogen-bond donors (Lipinski definition) is 1. The van der Waals surface area contributed by atoms with Gasteiger partial charge in [-0.15, -0.1) is 11.3 Å². The Balaban J connectivity index is 1.91. The number of likely N-dealkylation sites (tertiary alicyclic amines) is 1. The molecule has 2 heterocycles. The van der Waals surface area contributed by atoms with Crippen LogP contribution in [0.15, 0.2) is 5.38 Å². The van der Waals surface area contributed by atoms with Crippen molar-refractivity contribution in [2.24, 2.45) is 11.7 Å². The summed E-state index contributed by atoms with van der Waals surface area (Å²) in [5.41, 5.74) is 6.95. The van der Waals surface area contributed by atoms with Crippen LogP contribution in [0.2, 0.25) is 0 Å². The largest absolute Gasteiger partial charge is 0.461 e. The van der Waals surface area contributed by atoms with Crippen molar-refractivity contribution >= 4 is 17.3 Å². The maximum Gasteiger partial charge on any atom is 0.367 e. The van der Waals surface area contributed by atoms with Gasteiger partial charge in [0, 0.05) is 31.1 Å². The Morgan fingerprint density at radius 2 is 2.47 bits per heavy atom. The highest BCUT2D eigenvalue weighted by atomic mass is 32.1. The van der Waals surface area contributed by atoms with Crippen molar-refractivity contribution in [1.29, 1.82) is 0 Å². The van der Waals surface area contributed by atoms with Crippen LogP contribution in [0.1, 0.15) is 35.8 Å². The van der Waals surface area contributed by atoms with Crippen molar-refractivity contribution in [3.8, 4) is 0 Å². The van der Waals surface area contributed by atoms with Crippen molar-refractivity contribution in [3.05, 3.63) is 16.1 Å². The Kier molecular flexibility index (Phi) is 4.90. The van der Waals surface area contributed by atoms with E-state index in [4.69, 9.17) is 10.5 Å². The highest BCUT2D eigenvalue weighted by molar-refractivity contribution is 7.11. The Morgan fingerprint density at radius 3 is 3.16 bits per heavy atom. The lowest BCUT2D eigenvalue weighted by Crippen LogP contribution is -2.45. The molecule has 2 rings (SSSR count). The smallest absolute Gasteiger partial charge is 0.367 e. The van der Waals surface area contributed by atoms with Crippen LogP contribution in [-0.4, -0.2) is 41.6 Å². The molecule has 0 spiro atoms. The fraction of sp³-hybridized carbons (Fsp3) is 0.692. The van der Waals surface area contributed by atoms with E-state index in [0.717, 1.165) is 31.7 Å². The molecule has 1 aromatic rings. The third-order valence-electron chi connectivity index (χ3n) is 3.44. The number of aromatic nitrogens is 1. The zero-order valence-electron chi connectivity index (χ0n) is 11.5. The topological polar surface area (TPSA) is 68.5 Å². The number of thiazole rings is 1. The first-order valence-electron chi connectivity index (χ1n) is 6.69. The second-order valence-electron chi connectivity index (χ2n) is 5.03. The normalized spacial score (nSPS) is 24.4. The highest BCUT2D eigenvalue weighted by Gasteiger charge is 2.23. The third-order valence-corrected chi connectivity index (χ3v) is 4.31. The van der Waals surface area contributed by atoms with E-state index < -0.39 is 0 Å². The van der Waals surface area contributed by atoms with Crippen molar-refractivity contribution < 1.29 is 9.53 Å². The number of nitrogens with two attached hydrogens (primary N) is 1. The lowest BCUT2D eigenvalue weighted by atomic mass is 9.95. The van der Waals surface area contributed by atoms with E-state index in [0.29, 0.717) is 23.6 Å². The van der Waals surface area contributed by atoms with Gasteiger partial charge in [-0.3, -0.25) is 4.90 Å². The molecule has 0 aliphatic carbocycles. The van der Waals surface area contributed by atoms with Gasteiger partial charge in [-0.2, -0.15) is 0 Å². The minimum atomic E-state index is -0.326. The van der Waals surface area contributed by atoms with Crippen molar-refractivity contribution in [2.45, 2.75) is 32.9 Å². The monoisotopic (exact) mass is 283 g/mol. The third kappa shape index (κ3) is 3.75. The number of nitrogens with zero attached hydrogens (tertiary/aromatic N) is 2. The maximum absolute atomic E-state index is 11.5. The summed E-state index contributed by atoms with van der Waals surface area (Å²) < 4.78 is 4.94. The molecule has 106 valence electrons. The molecule has 5 nitrogen and oxygen atoms in total. The summed E-state index contributed by atoms with van der Waals surface area (Å²) in [5, 5.41) is 2.38. The second kappa shape index (κ2) is 6.45. The van der Waals surface area contributed by atoms with Crippen LogP contribution >= 0.6 is 11.3 Å². The summed E-state index contributed by atoms with van der Waals surface area (Å²) in [6, 6.07) is 0.307. The van der Waals surface area contributed by atoms with Crippen LogP contribution in [-0.2, 0) is 11.3 Å². The number of ether oxygens (including phenoxy) is 1. The molecule has 0 amide bonds. The molecule has 0 radical (unpaired) electrons. The quantitative estimate of drug-likeness (QED) is 0.848. The van der Waals surface area contributed by atoms with Gasteiger partial charge in [0.2, 0.25) is 5.01 Å². The van der Waals surface area contributed by atoms with E-state index in [1.54, 1.807) is 6.92 Å². The molecule has 0 aromatic carbocycles. The highest BCUT2D eigenvalue weighted by Crippen LogP contribution is 2.18. The van der Waals surface area contributed by atoms with Gasteiger partial charge in [0.15, 0.2) is 0 Å². The van der Waals surface area contributed by atoms with E-state index in [1.807, 2.05) is 5.38 Å². The number of carbonyl (C=O) groups excluding carboxylic acids is 1. The lowest BCUT2D eigenvalue weighted by molar-refractivity contribution is 0.0525. The van der Waals surface area contributed by atoms with Gasteiger partial charge in [0.05, 0.1) is 12.3 Å². The van der Waals surface area contributed by atoms with Gasteiger partial charge in [-0.05, 0) is 19.3 Å². The van der Waals surface area contributed by atoms with Crippen LogP contribution in [0.5, 0.6) is 0 Å². The summed E-state index contributed by atoms with van der Waals surface area (Å²) in [4.78, 5) is 18.2. The van der Waals surface area contributed by atoms with Gasteiger partial charge < -0.3 is 10.5 Å². The fourth-order valence-electron chi connectivity index (χ4n) is 2.29. The van der Waals surface area contributed by atoms with Gasteiger partial charge in [-0.25, -0.2) is 9.78 Å². The van der Waals surface area contributed by atoms with Gasteiger partial charge in [0.1, 0.15) is 0 Å². The van der Waals surface area contributed by atoms with Crippen LogP contribution in [0.4, 0.5) is 0 Å². The first-order chi connectivity index (χ1) is 9.10. The molecule has 6 heteroatoms. The summed E-state index contributed by atoms with van der Waals surface area (Å²) in [6.07, 6.45) is 1.02.